The van der Waals surface area contributed by atoms with Crippen molar-refractivity contribution in [1.29, 1.82) is 0 Å². The summed E-state index contributed by atoms with van der Waals surface area (Å²) < 4.78 is 18.1. The van der Waals surface area contributed by atoms with Gasteiger partial charge in [-0.3, -0.25) is 0 Å². The zero-order valence-electron chi connectivity index (χ0n) is 23.5. The summed E-state index contributed by atoms with van der Waals surface area (Å²) in [5.41, 5.74) is 5.19. The number of rotatable bonds is 11. The molecule has 4 atom stereocenters. The molecule has 5 nitrogen and oxygen atoms in total. The number of ether oxygens (including phenoxy) is 3. The van der Waals surface area contributed by atoms with Crippen molar-refractivity contribution in [2.24, 2.45) is 5.41 Å². The van der Waals surface area contributed by atoms with Crippen LogP contribution in [0.25, 0.3) is 11.1 Å². The zero-order valence-corrected chi connectivity index (χ0v) is 23.5. The van der Waals surface area contributed by atoms with Crippen molar-refractivity contribution in [3.05, 3.63) is 120 Å². The maximum Gasteiger partial charge on any atom is 0.161 e. The molecule has 207 valence electrons. The van der Waals surface area contributed by atoms with Gasteiger partial charge in [-0.2, -0.15) is 0 Å². The van der Waals surface area contributed by atoms with Crippen LogP contribution in [0, 0.1) is 5.41 Å². The van der Waals surface area contributed by atoms with Crippen molar-refractivity contribution < 1.29 is 19.3 Å². The van der Waals surface area contributed by atoms with Gasteiger partial charge in [-0.25, -0.2) is 5.32 Å². The van der Waals surface area contributed by atoms with E-state index in [1.54, 1.807) is 7.11 Å². The van der Waals surface area contributed by atoms with Crippen molar-refractivity contribution in [3.63, 3.8) is 0 Å². The first kappa shape index (κ1) is 27.9. The fourth-order valence-electron chi connectivity index (χ4n) is 5.51. The standard InChI is InChI=1S/C35H38NO4/c1-25(37)35(2)31(23-36-34(35)40-24-27-10-6-4-7-11-27)30-18-19-32(38-3)33(22-30)39-21-20-26-14-16-29(17-15-26)28-12-8-5-9-13-28/h4-19,22,25,31,34,37H,20-21,23-24H2,1-3H3/t25-,31+,34?,35-/m1/s1. The van der Waals surface area contributed by atoms with E-state index in [9.17, 15) is 5.11 Å². The van der Waals surface area contributed by atoms with E-state index in [1.165, 1.54) is 16.7 Å². The molecule has 0 aliphatic carbocycles. The molecule has 1 aliphatic heterocycles. The molecule has 0 amide bonds. The van der Waals surface area contributed by atoms with E-state index in [2.05, 4.69) is 55.5 Å². The maximum absolute atomic E-state index is 10.9. The Morgan fingerprint density at radius 3 is 2.20 bits per heavy atom. The van der Waals surface area contributed by atoms with E-state index in [0.717, 1.165) is 17.5 Å². The van der Waals surface area contributed by atoms with Crippen LogP contribution < -0.4 is 14.8 Å². The summed E-state index contributed by atoms with van der Waals surface area (Å²) in [5, 5.41) is 15.8. The minimum atomic E-state index is -0.616. The molecule has 1 saturated heterocycles. The van der Waals surface area contributed by atoms with Crippen LogP contribution in [-0.2, 0) is 17.8 Å². The second-order valence-corrected chi connectivity index (χ2v) is 10.7. The highest BCUT2D eigenvalue weighted by molar-refractivity contribution is 5.63. The lowest BCUT2D eigenvalue weighted by molar-refractivity contribution is -0.0930. The lowest BCUT2D eigenvalue weighted by atomic mass is 9.71. The summed E-state index contributed by atoms with van der Waals surface area (Å²) >= 11 is 0. The third-order valence-electron chi connectivity index (χ3n) is 8.19. The van der Waals surface area contributed by atoms with Gasteiger partial charge < -0.3 is 19.3 Å². The summed E-state index contributed by atoms with van der Waals surface area (Å²) in [6, 6.07) is 35.1. The maximum atomic E-state index is 10.9. The minimum Gasteiger partial charge on any atom is -0.493 e. The number of methoxy groups -OCH3 is 1. The van der Waals surface area contributed by atoms with Crippen LogP contribution in [0.15, 0.2) is 103 Å². The van der Waals surface area contributed by atoms with Crippen LogP contribution in [0.4, 0.5) is 0 Å². The Balaban J connectivity index is 1.26. The average Bonchev–Trinajstić information content (AvgIpc) is 3.34. The second kappa shape index (κ2) is 12.7. The summed E-state index contributed by atoms with van der Waals surface area (Å²) in [6.45, 7) is 5.44. The Labute approximate surface area is 237 Å². The average molecular weight is 537 g/mol. The molecule has 4 aromatic rings. The van der Waals surface area contributed by atoms with Gasteiger partial charge in [0, 0.05) is 24.3 Å². The number of hydrogen-bond acceptors (Lipinski definition) is 4. The van der Waals surface area contributed by atoms with Crippen LogP contribution >= 0.6 is 0 Å². The van der Waals surface area contributed by atoms with Gasteiger partial charge in [-0.05, 0) is 46.9 Å². The number of aliphatic hydroxyl groups excluding tert-OH is 1. The molecule has 40 heavy (non-hydrogen) atoms. The first-order chi connectivity index (χ1) is 19.5. The van der Waals surface area contributed by atoms with Gasteiger partial charge >= 0.3 is 0 Å². The third-order valence-corrected chi connectivity index (χ3v) is 8.19. The van der Waals surface area contributed by atoms with E-state index in [4.69, 9.17) is 19.5 Å². The van der Waals surface area contributed by atoms with Gasteiger partial charge in [-0.1, -0.05) is 97.9 Å². The Morgan fingerprint density at radius 1 is 0.850 bits per heavy atom. The molecular weight excluding hydrogens is 498 g/mol. The summed E-state index contributed by atoms with van der Waals surface area (Å²) in [5.74, 6) is 1.36. The van der Waals surface area contributed by atoms with Crippen molar-refractivity contribution in [2.75, 3.05) is 20.3 Å². The highest BCUT2D eigenvalue weighted by atomic mass is 16.5. The molecular formula is C35H38NO4. The molecule has 0 aromatic heterocycles. The van der Waals surface area contributed by atoms with E-state index < -0.39 is 17.7 Å². The third kappa shape index (κ3) is 6.07. The van der Waals surface area contributed by atoms with Crippen LogP contribution in [0.5, 0.6) is 11.5 Å². The molecule has 4 aromatic carbocycles. The van der Waals surface area contributed by atoms with Crippen LogP contribution in [0.2, 0.25) is 0 Å². The molecule has 5 rings (SSSR count). The SMILES string of the molecule is COc1ccc([C@@H]2C[N]C(OCc3ccccc3)[C@]2(C)[C@@H](C)O)cc1OCCc1ccc(-c2ccccc2)cc1. The molecule has 1 unspecified atom stereocenters. The first-order valence-electron chi connectivity index (χ1n) is 13.9. The van der Waals surface area contributed by atoms with Crippen molar-refractivity contribution in [2.45, 2.75) is 45.1 Å². The second-order valence-electron chi connectivity index (χ2n) is 10.7. The molecule has 1 aliphatic rings. The van der Waals surface area contributed by atoms with Crippen LogP contribution in [0.3, 0.4) is 0 Å². The quantitative estimate of drug-likeness (QED) is 0.234. The van der Waals surface area contributed by atoms with Gasteiger partial charge in [0.05, 0.1) is 26.4 Å². The first-order valence-corrected chi connectivity index (χ1v) is 13.9. The fourth-order valence-corrected chi connectivity index (χ4v) is 5.51. The lowest BCUT2D eigenvalue weighted by Gasteiger charge is -2.38. The molecule has 1 N–H and O–H groups in total. The molecule has 1 radical (unpaired) electrons. The Morgan fingerprint density at radius 2 is 1.52 bits per heavy atom. The van der Waals surface area contributed by atoms with E-state index >= 15 is 0 Å². The molecule has 1 heterocycles. The summed E-state index contributed by atoms with van der Waals surface area (Å²) in [6.07, 6.45) is -0.250. The lowest BCUT2D eigenvalue weighted by Crippen LogP contribution is -2.44. The number of aliphatic hydroxyl groups is 1. The van der Waals surface area contributed by atoms with E-state index in [-0.39, 0.29) is 5.92 Å². The highest BCUT2D eigenvalue weighted by Crippen LogP contribution is 2.48. The van der Waals surface area contributed by atoms with Gasteiger partial charge in [0.25, 0.3) is 0 Å². The van der Waals surface area contributed by atoms with E-state index in [0.29, 0.717) is 31.3 Å². The topological polar surface area (TPSA) is 62.0 Å². The van der Waals surface area contributed by atoms with Gasteiger partial charge in [0.15, 0.2) is 11.5 Å². The largest absolute Gasteiger partial charge is 0.493 e. The van der Waals surface area contributed by atoms with Crippen LogP contribution in [0.1, 0.15) is 36.5 Å². The summed E-state index contributed by atoms with van der Waals surface area (Å²) in [4.78, 5) is 0. The number of nitrogens with zero attached hydrogens (tertiary/aromatic N) is 1. The Bertz CT molecular complexity index is 1360. The predicted octanol–water partition coefficient (Wildman–Crippen LogP) is 6.62. The smallest absolute Gasteiger partial charge is 0.161 e. The van der Waals surface area contributed by atoms with Crippen molar-refractivity contribution in [1.82, 2.24) is 5.32 Å². The number of hydrogen-bond donors (Lipinski definition) is 1. The monoisotopic (exact) mass is 536 g/mol. The van der Waals surface area contributed by atoms with Crippen molar-refractivity contribution >= 4 is 0 Å². The molecule has 0 spiro atoms. The van der Waals surface area contributed by atoms with E-state index in [1.807, 2.05) is 61.5 Å². The van der Waals surface area contributed by atoms with Gasteiger partial charge in [-0.15, -0.1) is 0 Å². The molecule has 5 heteroatoms. The predicted molar refractivity (Wildman–Crippen MR) is 159 cm³/mol. The van der Waals surface area contributed by atoms with Gasteiger partial charge in [0.2, 0.25) is 0 Å². The molecule has 0 saturated carbocycles. The molecule has 0 bridgehead atoms. The zero-order chi connectivity index (χ0) is 28.0. The Hall–Kier alpha value is -3.64. The van der Waals surface area contributed by atoms with Gasteiger partial charge in [0.1, 0.15) is 6.23 Å². The molecule has 1 fully saturated rings. The normalized spacial score (nSPS) is 21.2. The highest BCUT2D eigenvalue weighted by Gasteiger charge is 2.52. The fraction of sp³-hybridized carbons (Fsp3) is 0.314. The minimum absolute atomic E-state index is 0.0212. The van der Waals surface area contributed by atoms with Crippen molar-refractivity contribution in [3.8, 4) is 22.6 Å². The Kier molecular flexibility index (Phi) is 8.85. The summed E-state index contributed by atoms with van der Waals surface area (Å²) in [7, 11) is 1.66. The van der Waals surface area contributed by atoms with Crippen LogP contribution in [-0.4, -0.2) is 37.7 Å². The number of benzene rings is 4.